The Morgan fingerprint density at radius 1 is 1.00 bits per heavy atom. The molecule has 0 spiro atoms. The lowest BCUT2D eigenvalue weighted by Crippen LogP contribution is -2.44. The Balaban J connectivity index is 1.26. The Morgan fingerprint density at radius 3 is 2.57 bits per heavy atom. The van der Waals surface area contributed by atoms with Crippen molar-refractivity contribution in [3.8, 4) is 5.75 Å². The van der Waals surface area contributed by atoms with Gasteiger partial charge in [0.2, 0.25) is 0 Å². The molecule has 5 heteroatoms. The Kier molecular flexibility index (Phi) is 6.72. The van der Waals surface area contributed by atoms with E-state index in [4.69, 9.17) is 4.74 Å². The molecule has 5 nitrogen and oxygen atoms in total. The maximum absolute atomic E-state index is 12.7. The monoisotopic (exact) mass is 401 g/mol. The van der Waals surface area contributed by atoms with Gasteiger partial charge in [-0.25, -0.2) is 0 Å². The van der Waals surface area contributed by atoms with Gasteiger partial charge in [0.05, 0.1) is 0 Å². The van der Waals surface area contributed by atoms with E-state index in [1.165, 1.54) is 5.56 Å². The zero-order valence-corrected chi connectivity index (χ0v) is 17.0. The van der Waals surface area contributed by atoms with E-state index in [-0.39, 0.29) is 11.9 Å². The van der Waals surface area contributed by atoms with Gasteiger partial charge in [-0.05, 0) is 42.7 Å². The summed E-state index contributed by atoms with van der Waals surface area (Å²) in [5.41, 5.74) is 2.96. The number of hydrogen-bond donors (Lipinski definition) is 1. The van der Waals surface area contributed by atoms with Gasteiger partial charge < -0.3 is 10.1 Å². The third-order valence-electron chi connectivity index (χ3n) is 5.40. The SMILES string of the molecule is O=C(NC1CCN(Cc2ccccc2)CC1)c1cccc(OCc2cccnc2)c1. The first-order valence-electron chi connectivity index (χ1n) is 10.5. The second-order valence-electron chi connectivity index (χ2n) is 7.69. The predicted octanol–water partition coefficient (Wildman–Crippen LogP) is 4.06. The number of hydrogen-bond acceptors (Lipinski definition) is 4. The molecule has 1 N–H and O–H groups in total. The molecule has 0 bridgehead atoms. The fraction of sp³-hybridized carbons (Fsp3) is 0.280. The summed E-state index contributed by atoms with van der Waals surface area (Å²) in [6.07, 6.45) is 5.45. The average molecular weight is 402 g/mol. The maximum atomic E-state index is 12.7. The van der Waals surface area contributed by atoms with Crippen LogP contribution in [0.4, 0.5) is 0 Å². The van der Waals surface area contributed by atoms with Crippen LogP contribution in [-0.4, -0.2) is 34.9 Å². The molecule has 2 heterocycles. The summed E-state index contributed by atoms with van der Waals surface area (Å²) in [6.45, 7) is 3.39. The minimum absolute atomic E-state index is 0.0386. The lowest BCUT2D eigenvalue weighted by Gasteiger charge is -2.32. The van der Waals surface area contributed by atoms with E-state index in [2.05, 4.69) is 39.5 Å². The van der Waals surface area contributed by atoms with E-state index in [0.717, 1.165) is 38.0 Å². The summed E-state index contributed by atoms with van der Waals surface area (Å²) in [5, 5.41) is 3.19. The molecule has 0 atom stereocenters. The molecule has 0 aliphatic carbocycles. The van der Waals surface area contributed by atoms with Crippen LogP contribution in [0.5, 0.6) is 5.75 Å². The standard InChI is InChI=1S/C25H27N3O2/c29-25(22-9-4-10-24(16-22)30-19-21-8-5-13-26-17-21)27-23-11-14-28(15-12-23)18-20-6-2-1-3-7-20/h1-10,13,16-17,23H,11-12,14-15,18-19H2,(H,27,29). The molecular formula is C25H27N3O2. The van der Waals surface area contributed by atoms with Crippen LogP contribution in [-0.2, 0) is 13.2 Å². The molecule has 0 unspecified atom stereocenters. The number of nitrogens with zero attached hydrogens (tertiary/aromatic N) is 2. The zero-order chi connectivity index (χ0) is 20.6. The van der Waals surface area contributed by atoms with E-state index < -0.39 is 0 Å². The van der Waals surface area contributed by atoms with Gasteiger partial charge >= 0.3 is 0 Å². The van der Waals surface area contributed by atoms with Crippen molar-refractivity contribution in [2.24, 2.45) is 0 Å². The van der Waals surface area contributed by atoms with E-state index >= 15 is 0 Å². The molecule has 4 rings (SSSR count). The fourth-order valence-electron chi connectivity index (χ4n) is 3.72. The van der Waals surface area contributed by atoms with Crippen molar-refractivity contribution in [2.45, 2.75) is 32.0 Å². The number of rotatable bonds is 7. The number of benzene rings is 2. The largest absolute Gasteiger partial charge is 0.489 e. The Bertz CT molecular complexity index is 939. The first-order chi connectivity index (χ1) is 14.8. The molecule has 1 saturated heterocycles. The third-order valence-corrected chi connectivity index (χ3v) is 5.40. The van der Waals surface area contributed by atoms with Crippen molar-refractivity contribution in [1.29, 1.82) is 0 Å². The Hall–Kier alpha value is -3.18. The first-order valence-corrected chi connectivity index (χ1v) is 10.5. The summed E-state index contributed by atoms with van der Waals surface area (Å²) in [4.78, 5) is 19.3. The number of pyridine rings is 1. The first kappa shape index (κ1) is 20.1. The highest BCUT2D eigenvalue weighted by atomic mass is 16.5. The maximum Gasteiger partial charge on any atom is 0.251 e. The molecule has 1 aliphatic rings. The van der Waals surface area contributed by atoms with Crippen molar-refractivity contribution < 1.29 is 9.53 Å². The molecule has 1 amide bonds. The quantitative estimate of drug-likeness (QED) is 0.649. The van der Waals surface area contributed by atoms with Gasteiger partial charge in [-0.3, -0.25) is 14.7 Å². The van der Waals surface area contributed by atoms with Crippen LogP contribution in [0, 0.1) is 0 Å². The fourth-order valence-corrected chi connectivity index (χ4v) is 3.72. The van der Waals surface area contributed by atoms with Gasteiger partial charge in [0.1, 0.15) is 12.4 Å². The smallest absolute Gasteiger partial charge is 0.251 e. The number of carbonyl (C=O) groups excluding carboxylic acids is 1. The van der Waals surface area contributed by atoms with Gasteiger partial charge in [0.25, 0.3) is 5.91 Å². The van der Waals surface area contributed by atoms with E-state index in [1.807, 2.05) is 36.4 Å². The normalized spacial score (nSPS) is 14.9. The van der Waals surface area contributed by atoms with Crippen molar-refractivity contribution >= 4 is 5.91 Å². The minimum Gasteiger partial charge on any atom is -0.489 e. The van der Waals surface area contributed by atoms with Crippen molar-refractivity contribution in [2.75, 3.05) is 13.1 Å². The molecule has 1 aromatic heterocycles. The number of likely N-dealkylation sites (tertiary alicyclic amines) is 1. The molecule has 154 valence electrons. The summed E-state index contributed by atoms with van der Waals surface area (Å²) in [6, 6.07) is 22.0. The molecule has 30 heavy (non-hydrogen) atoms. The van der Waals surface area contributed by atoms with Gasteiger partial charge in [-0.1, -0.05) is 42.5 Å². The Labute approximate surface area is 177 Å². The molecule has 1 aliphatic heterocycles. The van der Waals surface area contributed by atoms with Crippen molar-refractivity contribution in [3.63, 3.8) is 0 Å². The topological polar surface area (TPSA) is 54.5 Å². The van der Waals surface area contributed by atoms with Crippen LogP contribution >= 0.6 is 0 Å². The van der Waals surface area contributed by atoms with Gasteiger partial charge in [-0.15, -0.1) is 0 Å². The van der Waals surface area contributed by atoms with E-state index in [1.54, 1.807) is 18.5 Å². The van der Waals surface area contributed by atoms with Crippen molar-refractivity contribution in [3.05, 3.63) is 95.8 Å². The van der Waals surface area contributed by atoms with Gasteiger partial charge in [0.15, 0.2) is 0 Å². The lowest BCUT2D eigenvalue weighted by atomic mass is 10.0. The molecule has 1 fully saturated rings. The summed E-state index contributed by atoms with van der Waals surface area (Å²) < 4.78 is 5.82. The zero-order valence-electron chi connectivity index (χ0n) is 17.0. The van der Waals surface area contributed by atoms with Gasteiger partial charge in [0, 0.05) is 49.2 Å². The van der Waals surface area contributed by atoms with Crippen LogP contribution < -0.4 is 10.1 Å². The molecule has 2 aromatic carbocycles. The average Bonchev–Trinajstić information content (AvgIpc) is 2.80. The highest BCUT2D eigenvalue weighted by Gasteiger charge is 2.21. The van der Waals surface area contributed by atoms with Gasteiger partial charge in [-0.2, -0.15) is 0 Å². The molecule has 0 radical (unpaired) electrons. The number of carbonyl (C=O) groups is 1. The number of aromatic nitrogens is 1. The summed E-state index contributed by atoms with van der Waals surface area (Å²) in [7, 11) is 0. The molecule has 3 aromatic rings. The van der Waals surface area contributed by atoms with E-state index in [9.17, 15) is 4.79 Å². The van der Waals surface area contributed by atoms with Crippen LogP contribution in [0.1, 0.15) is 34.3 Å². The number of amides is 1. The van der Waals surface area contributed by atoms with E-state index in [0.29, 0.717) is 17.9 Å². The second kappa shape index (κ2) is 10.0. The van der Waals surface area contributed by atoms with Crippen LogP contribution in [0.3, 0.4) is 0 Å². The van der Waals surface area contributed by atoms with Crippen molar-refractivity contribution in [1.82, 2.24) is 15.2 Å². The molecular weight excluding hydrogens is 374 g/mol. The number of nitrogens with one attached hydrogen (secondary N) is 1. The lowest BCUT2D eigenvalue weighted by molar-refractivity contribution is 0.0908. The Morgan fingerprint density at radius 2 is 1.80 bits per heavy atom. The second-order valence-corrected chi connectivity index (χ2v) is 7.69. The minimum atomic E-state index is -0.0386. The summed E-state index contributed by atoms with van der Waals surface area (Å²) in [5.74, 6) is 0.646. The predicted molar refractivity (Wildman–Crippen MR) is 117 cm³/mol. The highest BCUT2D eigenvalue weighted by molar-refractivity contribution is 5.94. The highest BCUT2D eigenvalue weighted by Crippen LogP contribution is 2.17. The van der Waals surface area contributed by atoms with Crippen LogP contribution in [0.15, 0.2) is 79.1 Å². The number of piperidine rings is 1. The molecule has 0 saturated carbocycles. The van der Waals surface area contributed by atoms with Crippen LogP contribution in [0.25, 0.3) is 0 Å². The van der Waals surface area contributed by atoms with Crippen LogP contribution in [0.2, 0.25) is 0 Å². The third kappa shape index (κ3) is 5.67. The number of ether oxygens (including phenoxy) is 1. The summed E-state index contributed by atoms with van der Waals surface area (Å²) >= 11 is 0.